The van der Waals surface area contributed by atoms with Gasteiger partial charge in [0.2, 0.25) is 5.91 Å². The van der Waals surface area contributed by atoms with Crippen molar-refractivity contribution in [2.45, 2.75) is 25.7 Å². The van der Waals surface area contributed by atoms with Crippen LogP contribution in [0.3, 0.4) is 0 Å². The highest BCUT2D eigenvalue weighted by Crippen LogP contribution is 2.22. The molecular formula is C21H26N4O4. The lowest BCUT2D eigenvalue weighted by atomic mass is 10.1. The Hall–Kier alpha value is -2.90. The van der Waals surface area contributed by atoms with Crippen molar-refractivity contribution in [1.29, 1.82) is 0 Å². The van der Waals surface area contributed by atoms with Gasteiger partial charge in [-0.15, -0.1) is 0 Å². The van der Waals surface area contributed by atoms with E-state index in [0.717, 1.165) is 30.8 Å². The summed E-state index contributed by atoms with van der Waals surface area (Å²) in [5, 5.41) is 0. The van der Waals surface area contributed by atoms with E-state index in [9.17, 15) is 19.2 Å². The van der Waals surface area contributed by atoms with Crippen LogP contribution in [0.5, 0.6) is 0 Å². The van der Waals surface area contributed by atoms with Crippen LogP contribution in [0.2, 0.25) is 0 Å². The zero-order chi connectivity index (χ0) is 20.4. The Balaban J connectivity index is 1.26. The first-order chi connectivity index (χ1) is 14.1. The molecule has 2 fully saturated rings. The van der Waals surface area contributed by atoms with Gasteiger partial charge in [0.1, 0.15) is 0 Å². The Kier molecular flexibility index (Phi) is 5.51. The lowest BCUT2D eigenvalue weighted by molar-refractivity contribution is -0.132. The first kappa shape index (κ1) is 19.4. The molecule has 0 aromatic heterocycles. The molecule has 29 heavy (non-hydrogen) atoms. The second-order valence-electron chi connectivity index (χ2n) is 7.76. The minimum Gasteiger partial charge on any atom is -0.339 e. The summed E-state index contributed by atoms with van der Waals surface area (Å²) >= 11 is 0. The molecular weight excluding hydrogens is 372 g/mol. The fourth-order valence-corrected chi connectivity index (χ4v) is 4.24. The molecule has 4 rings (SSSR count). The second-order valence-corrected chi connectivity index (χ2v) is 7.76. The number of carbonyl (C=O) groups is 4. The summed E-state index contributed by atoms with van der Waals surface area (Å²) in [6.07, 6.45) is 3.40. The maximum atomic E-state index is 12.6. The summed E-state index contributed by atoms with van der Waals surface area (Å²) in [5.41, 5.74) is 0.796. The van der Waals surface area contributed by atoms with E-state index >= 15 is 0 Å². The van der Waals surface area contributed by atoms with E-state index in [4.69, 9.17) is 0 Å². The number of hydrogen-bond donors (Lipinski definition) is 0. The van der Waals surface area contributed by atoms with Crippen LogP contribution in [0.15, 0.2) is 24.3 Å². The van der Waals surface area contributed by atoms with Gasteiger partial charge in [-0.25, -0.2) is 4.79 Å². The predicted molar refractivity (Wildman–Crippen MR) is 105 cm³/mol. The van der Waals surface area contributed by atoms with Crippen molar-refractivity contribution in [2.75, 3.05) is 45.8 Å². The number of piperazine rings is 1. The SMILES string of the molecule is O=C(CCN1C(=O)c2ccccc2C1=O)N1CCN(C(=O)N2CCCCC2)CC1. The van der Waals surface area contributed by atoms with Crippen LogP contribution in [-0.4, -0.2) is 89.2 Å². The third kappa shape index (κ3) is 3.83. The number of rotatable bonds is 3. The Morgan fingerprint density at radius 2 is 1.24 bits per heavy atom. The van der Waals surface area contributed by atoms with E-state index in [1.54, 1.807) is 29.2 Å². The van der Waals surface area contributed by atoms with Gasteiger partial charge in [-0.2, -0.15) is 0 Å². The normalized spacial score (nSPS) is 19.6. The van der Waals surface area contributed by atoms with Gasteiger partial charge in [0, 0.05) is 52.2 Å². The largest absolute Gasteiger partial charge is 0.339 e. The van der Waals surface area contributed by atoms with E-state index in [-0.39, 0.29) is 36.7 Å². The van der Waals surface area contributed by atoms with Crippen molar-refractivity contribution in [3.63, 3.8) is 0 Å². The van der Waals surface area contributed by atoms with Crippen LogP contribution in [-0.2, 0) is 4.79 Å². The van der Waals surface area contributed by atoms with Gasteiger partial charge in [0.25, 0.3) is 11.8 Å². The second kappa shape index (κ2) is 8.23. The summed E-state index contributed by atoms with van der Waals surface area (Å²) in [5.74, 6) is -0.766. The molecule has 8 heteroatoms. The van der Waals surface area contributed by atoms with Crippen molar-refractivity contribution < 1.29 is 19.2 Å². The molecule has 3 aliphatic rings. The van der Waals surface area contributed by atoms with Gasteiger partial charge in [0.05, 0.1) is 11.1 Å². The highest BCUT2D eigenvalue weighted by Gasteiger charge is 2.35. The number of nitrogens with zero attached hydrogens (tertiary/aromatic N) is 4. The molecule has 0 radical (unpaired) electrons. The first-order valence-corrected chi connectivity index (χ1v) is 10.3. The molecule has 3 heterocycles. The lowest BCUT2D eigenvalue weighted by Gasteiger charge is -2.38. The van der Waals surface area contributed by atoms with Crippen LogP contribution < -0.4 is 0 Å². The quantitative estimate of drug-likeness (QED) is 0.722. The maximum Gasteiger partial charge on any atom is 0.320 e. The van der Waals surface area contributed by atoms with Crippen molar-refractivity contribution in [3.8, 4) is 0 Å². The molecule has 0 bridgehead atoms. The van der Waals surface area contributed by atoms with E-state index < -0.39 is 0 Å². The van der Waals surface area contributed by atoms with Gasteiger partial charge >= 0.3 is 6.03 Å². The molecule has 0 atom stereocenters. The first-order valence-electron chi connectivity index (χ1n) is 10.3. The Labute approximate surface area is 170 Å². The number of imide groups is 1. The minimum atomic E-state index is -0.338. The molecule has 3 aliphatic heterocycles. The summed E-state index contributed by atoms with van der Waals surface area (Å²) in [6, 6.07) is 6.79. The Morgan fingerprint density at radius 1 is 0.724 bits per heavy atom. The number of fused-ring (bicyclic) bond motifs is 1. The number of benzene rings is 1. The summed E-state index contributed by atoms with van der Waals surface area (Å²) < 4.78 is 0. The van der Waals surface area contributed by atoms with Crippen molar-refractivity contribution >= 4 is 23.8 Å². The summed E-state index contributed by atoms with van der Waals surface area (Å²) in [6.45, 7) is 3.73. The number of piperidine rings is 1. The van der Waals surface area contributed by atoms with Crippen molar-refractivity contribution in [3.05, 3.63) is 35.4 Å². The molecule has 1 aromatic carbocycles. The van der Waals surface area contributed by atoms with Gasteiger partial charge in [-0.1, -0.05) is 12.1 Å². The number of carbonyl (C=O) groups excluding carboxylic acids is 4. The highest BCUT2D eigenvalue weighted by atomic mass is 16.2. The van der Waals surface area contributed by atoms with Crippen LogP contribution in [0, 0.1) is 0 Å². The van der Waals surface area contributed by atoms with E-state index in [0.29, 0.717) is 37.3 Å². The highest BCUT2D eigenvalue weighted by molar-refractivity contribution is 6.21. The van der Waals surface area contributed by atoms with Crippen molar-refractivity contribution in [1.82, 2.24) is 19.6 Å². The predicted octanol–water partition coefficient (Wildman–Crippen LogP) is 1.42. The van der Waals surface area contributed by atoms with Crippen molar-refractivity contribution in [2.24, 2.45) is 0 Å². The Bertz CT molecular complexity index is 791. The number of hydrogen-bond acceptors (Lipinski definition) is 4. The van der Waals surface area contributed by atoms with E-state index in [1.807, 2.05) is 9.80 Å². The number of amides is 5. The molecule has 2 saturated heterocycles. The average molecular weight is 398 g/mol. The van der Waals surface area contributed by atoms with Gasteiger partial charge in [-0.3, -0.25) is 19.3 Å². The summed E-state index contributed by atoms with van der Waals surface area (Å²) in [4.78, 5) is 56.5. The van der Waals surface area contributed by atoms with Crippen LogP contribution in [0.25, 0.3) is 0 Å². The maximum absolute atomic E-state index is 12.6. The fourth-order valence-electron chi connectivity index (χ4n) is 4.24. The molecule has 154 valence electrons. The average Bonchev–Trinajstić information content (AvgIpc) is 3.02. The standard InChI is InChI=1S/C21H26N4O4/c26-18(8-11-25-19(27)16-6-2-3-7-17(16)20(25)28)22-12-14-24(15-13-22)21(29)23-9-4-1-5-10-23/h2-3,6-7H,1,4-5,8-15H2. The molecule has 8 nitrogen and oxygen atoms in total. The number of urea groups is 1. The third-order valence-corrected chi connectivity index (χ3v) is 5.96. The van der Waals surface area contributed by atoms with Gasteiger partial charge < -0.3 is 14.7 Å². The third-order valence-electron chi connectivity index (χ3n) is 5.96. The molecule has 1 aromatic rings. The smallest absolute Gasteiger partial charge is 0.320 e. The van der Waals surface area contributed by atoms with E-state index in [2.05, 4.69) is 0 Å². The fraction of sp³-hybridized carbons (Fsp3) is 0.524. The monoisotopic (exact) mass is 398 g/mol. The molecule has 5 amide bonds. The van der Waals surface area contributed by atoms with Crippen LogP contribution >= 0.6 is 0 Å². The molecule has 0 N–H and O–H groups in total. The van der Waals surface area contributed by atoms with Crippen LogP contribution in [0.4, 0.5) is 4.79 Å². The summed E-state index contributed by atoms with van der Waals surface area (Å²) in [7, 11) is 0. The molecule has 0 aliphatic carbocycles. The molecule has 0 spiro atoms. The van der Waals surface area contributed by atoms with Crippen LogP contribution in [0.1, 0.15) is 46.4 Å². The van der Waals surface area contributed by atoms with Gasteiger partial charge in [-0.05, 0) is 31.4 Å². The zero-order valence-electron chi connectivity index (χ0n) is 16.5. The topological polar surface area (TPSA) is 81.2 Å². The minimum absolute atomic E-state index is 0.0721. The molecule has 0 saturated carbocycles. The molecule has 0 unspecified atom stereocenters. The zero-order valence-corrected chi connectivity index (χ0v) is 16.5. The number of likely N-dealkylation sites (tertiary alicyclic amines) is 1. The van der Waals surface area contributed by atoms with Gasteiger partial charge in [0.15, 0.2) is 0 Å². The lowest BCUT2D eigenvalue weighted by Crippen LogP contribution is -2.55. The van der Waals surface area contributed by atoms with E-state index in [1.165, 1.54) is 6.42 Å². The Morgan fingerprint density at radius 3 is 1.83 bits per heavy atom.